The summed E-state index contributed by atoms with van der Waals surface area (Å²) in [4.78, 5) is 19.8. The molecule has 1 atom stereocenters. The highest BCUT2D eigenvalue weighted by Crippen LogP contribution is 2.35. The number of nitrogens with zero attached hydrogens (tertiary/aromatic N) is 5. The third-order valence-corrected chi connectivity index (χ3v) is 4.73. The lowest BCUT2D eigenvalue weighted by Crippen LogP contribution is -2.33. The molecule has 4 rings (SSSR count). The molecule has 0 bridgehead atoms. The minimum atomic E-state index is -4.44. The fraction of sp³-hybridized carbons (Fsp3) is 0.368. The Kier molecular flexibility index (Phi) is 5.74. The van der Waals surface area contributed by atoms with Crippen molar-refractivity contribution in [2.75, 3.05) is 25.6 Å². The van der Waals surface area contributed by atoms with Gasteiger partial charge in [0.05, 0.1) is 18.7 Å². The summed E-state index contributed by atoms with van der Waals surface area (Å²) < 4.78 is 51.8. The molecule has 0 aliphatic carbocycles. The first kappa shape index (κ1) is 21.6. The number of aromatic nitrogens is 5. The number of halogens is 3. The number of aliphatic carboxylic acids is 1. The zero-order valence-electron chi connectivity index (χ0n) is 16.8. The number of ether oxygens (including phenoxy) is 2. The largest absolute Gasteiger partial charge is 0.491 e. The van der Waals surface area contributed by atoms with E-state index in [2.05, 4.69) is 20.4 Å². The number of alkyl halides is 3. The standard InChI is InChI=1S/C19H19F3N6O4/c1-31-8-14(18(29)30)25-11-2-3-12-15(6-11)32-5-4-27-7-13(26-16(12)27)17-23-10-24-28(17)9-19(20,21)22/h2-3,6-7,10,14,25H,4-5,8-9H2,1H3,(H,29,30)/t14-/m0/s1. The zero-order chi connectivity index (χ0) is 22.9. The number of carboxylic acid groups (broad SMARTS) is 1. The normalized spacial score (nSPS) is 14.1. The SMILES string of the molecule is COC[C@H](Nc1ccc2c(c1)OCCn1cc(-c3ncnn3CC(F)(F)F)nc1-2)C(=O)O. The number of imidazole rings is 1. The van der Waals surface area contributed by atoms with Crippen LogP contribution in [-0.4, -0.2) is 67.9 Å². The molecule has 32 heavy (non-hydrogen) atoms. The molecule has 0 fully saturated rings. The highest BCUT2D eigenvalue weighted by molar-refractivity contribution is 5.79. The van der Waals surface area contributed by atoms with E-state index >= 15 is 0 Å². The van der Waals surface area contributed by atoms with Crippen LogP contribution in [0, 0.1) is 0 Å². The second-order valence-corrected chi connectivity index (χ2v) is 7.05. The molecule has 0 unspecified atom stereocenters. The molecule has 10 nitrogen and oxygen atoms in total. The number of carbonyl (C=O) groups is 1. The third-order valence-electron chi connectivity index (χ3n) is 4.73. The summed E-state index contributed by atoms with van der Waals surface area (Å²) in [5, 5.41) is 15.8. The molecule has 13 heteroatoms. The second-order valence-electron chi connectivity index (χ2n) is 7.05. The Balaban J connectivity index is 1.66. The van der Waals surface area contributed by atoms with Crippen LogP contribution in [0.4, 0.5) is 18.9 Å². The van der Waals surface area contributed by atoms with Gasteiger partial charge in [0, 0.05) is 25.1 Å². The highest BCUT2D eigenvalue weighted by atomic mass is 19.4. The molecular formula is C19H19F3N6O4. The van der Waals surface area contributed by atoms with Gasteiger partial charge >= 0.3 is 12.1 Å². The van der Waals surface area contributed by atoms with E-state index in [0.717, 1.165) is 11.0 Å². The van der Waals surface area contributed by atoms with E-state index in [1.165, 1.54) is 7.11 Å². The Bertz CT molecular complexity index is 1130. The van der Waals surface area contributed by atoms with Gasteiger partial charge in [-0.2, -0.15) is 18.3 Å². The van der Waals surface area contributed by atoms with E-state index in [0.29, 0.717) is 29.4 Å². The van der Waals surface area contributed by atoms with Crippen LogP contribution in [0.15, 0.2) is 30.7 Å². The van der Waals surface area contributed by atoms with Crippen molar-refractivity contribution in [2.45, 2.75) is 25.3 Å². The molecule has 170 valence electrons. The maximum atomic E-state index is 12.8. The number of methoxy groups -OCH3 is 1. The number of rotatable bonds is 7. The first-order valence-corrected chi connectivity index (χ1v) is 9.53. The van der Waals surface area contributed by atoms with Crippen LogP contribution in [0.25, 0.3) is 22.9 Å². The van der Waals surface area contributed by atoms with Crippen molar-refractivity contribution in [3.8, 4) is 28.7 Å². The first-order chi connectivity index (χ1) is 15.2. The van der Waals surface area contributed by atoms with Gasteiger partial charge in [-0.25, -0.2) is 19.4 Å². The monoisotopic (exact) mass is 452 g/mol. The summed E-state index contributed by atoms with van der Waals surface area (Å²) >= 11 is 0. The van der Waals surface area contributed by atoms with Crippen molar-refractivity contribution in [3.05, 3.63) is 30.7 Å². The second kappa shape index (κ2) is 8.49. The van der Waals surface area contributed by atoms with Crippen LogP contribution in [0.2, 0.25) is 0 Å². The van der Waals surface area contributed by atoms with Crippen molar-refractivity contribution < 1.29 is 32.5 Å². The average molecular weight is 452 g/mol. The molecular weight excluding hydrogens is 433 g/mol. The summed E-state index contributed by atoms with van der Waals surface area (Å²) in [7, 11) is 1.41. The van der Waals surface area contributed by atoms with Crippen molar-refractivity contribution in [1.82, 2.24) is 24.3 Å². The van der Waals surface area contributed by atoms with Gasteiger partial charge in [0.15, 0.2) is 5.82 Å². The molecule has 0 saturated heterocycles. The number of nitrogens with one attached hydrogen (secondary N) is 1. The molecule has 3 aromatic rings. The maximum absolute atomic E-state index is 12.8. The molecule has 0 saturated carbocycles. The lowest BCUT2D eigenvalue weighted by atomic mass is 10.1. The number of benzene rings is 1. The van der Waals surface area contributed by atoms with Gasteiger partial charge in [-0.3, -0.25) is 0 Å². The molecule has 2 aromatic heterocycles. The van der Waals surface area contributed by atoms with Crippen LogP contribution >= 0.6 is 0 Å². The minimum absolute atomic E-state index is 0.00696. The Labute approximate surface area is 179 Å². The quantitative estimate of drug-likeness (QED) is 0.561. The van der Waals surface area contributed by atoms with Gasteiger partial charge in [0.1, 0.15) is 42.8 Å². The van der Waals surface area contributed by atoms with Crippen LogP contribution < -0.4 is 10.1 Å². The van der Waals surface area contributed by atoms with Crippen LogP contribution in [0.1, 0.15) is 0 Å². The van der Waals surface area contributed by atoms with Crippen LogP contribution in [-0.2, 0) is 22.6 Å². The van der Waals surface area contributed by atoms with Crippen molar-refractivity contribution in [3.63, 3.8) is 0 Å². The smallest absolute Gasteiger partial charge is 0.408 e. The predicted octanol–water partition coefficient (Wildman–Crippen LogP) is 2.27. The molecule has 1 aliphatic heterocycles. The van der Waals surface area contributed by atoms with Crippen LogP contribution in [0.3, 0.4) is 0 Å². The summed E-state index contributed by atoms with van der Waals surface area (Å²) in [6.07, 6.45) is -1.78. The number of hydrogen-bond donors (Lipinski definition) is 2. The van der Waals surface area contributed by atoms with E-state index in [-0.39, 0.29) is 24.7 Å². The number of carboxylic acids is 1. The fourth-order valence-electron chi connectivity index (χ4n) is 3.37. The van der Waals surface area contributed by atoms with Crippen LogP contribution in [0.5, 0.6) is 5.75 Å². The summed E-state index contributed by atoms with van der Waals surface area (Å²) in [5.41, 5.74) is 1.38. The molecule has 0 amide bonds. The van der Waals surface area contributed by atoms with E-state index in [9.17, 15) is 23.1 Å². The van der Waals surface area contributed by atoms with E-state index < -0.39 is 24.7 Å². The van der Waals surface area contributed by atoms with Gasteiger partial charge < -0.3 is 24.5 Å². The van der Waals surface area contributed by atoms with E-state index in [4.69, 9.17) is 9.47 Å². The summed E-state index contributed by atoms with van der Waals surface area (Å²) in [6, 6.07) is 4.08. The Morgan fingerprint density at radius 1 is 1.38 bits per heavy atom. The Morgan fingerprint density at radius 2 is 2.19 bits per heavy atom. The molecule has 2 N–H and O–H groups in total. The number of fused-ring (bicyclic) bond motifs is 3. The van der Waals surface area contributed by atoms with Crippen molar-refractivity contribution in [2.24, 2.45) is 0 Å². The fourth-order valence-corrected chi connectivity index (χ4v) is 3.37. The van der Waals surface area contributed by atoms with Gasteiger partial charge in [-0.1, -0.05) is 0 Å². The van der Waals surface area contributed by atoms with Gasteiger partial charge in [0.2, 0.25) is 0 Å². The van der Waals surface area contributed by atoms with E-state index in [1.807, 2.05) is 0 Å². The van der Waals surface area contributed by atoms with Gasteiger partial charge in [0.25, 0.3) is 0 Å². The van der Waals surface area contributed by atoms with Crippen molar-refractivity contribution >= 4 is 11.7 Å². The third kappa shape index (κ3) is 4.51. The number of anilines is 1. The lowest BCUT2D eigenvalue weighted by molar-refractivity contribution is -0.142. The summed E-state index contributed by atoms with van der Waals surface area (Å²) in [5.74, 6) is -0.102. The first-order valence-electron chi connectivity index (χ1n) is 9.53. The molecule has 0 spiro atoms. The Hall–Kier alpha value is -3.61. The zero-order valence-corrected chi connectivity index (χ0v) is 16.8. The van der Waals surface area contributed by atoms with Gasteiger partial charge in [-0.05, 0) is 12.1 Å². The van der Waals surface area contributed by atoms with E-state index in [1.54, 1.807) is 29.0 Å². The minimum Gasteiger partial charge on any atom is -0.491 e. The molecule has 3 heterocycles. The highest BCUT2D eigenvalue weighted by Gasteiger charge is 2.31. The molecule has 0 radical (unpaired) electrons. The lowest BCUT2D eigenvalue weighted by Gasteiger charge is -2.16. The molecule has 1 aliphatic rings. The number of hydrogen-bond acceptors (Lipinski definition) is 7. The maximum Gasteiger partial charge on any atom is 0.408 e. The Morgan fingerprint density at radius 3 is 2.91 bits per heavy atom. The summed E-state index contributed by atoms with van der Waals surface area (Å²) in [6.45, 7) is -0.603. The van der Waals surface area contributed by atoms with Crippen molar-refractivity contribution in [1.29, 1.82) is 0 Å². The average Bonchev–Trinajstić information content (AvgIpc) is 3.29. The topological polar surface area (TPSA) is 116 Å². The van der Waals surface area contributed by atoms with Gasteiger partial charge in [-0.15, -0.1) is 0 Å². The molecule has 1 aromatic carbocycles. The predicted molar refractivity (Wildman–Crippen MR) is 105 cm³/mol.